The molecule has 13 heavy (non-hydrogen) atoms. The van der Waals surface area contributed by atoms with Crippen LogP contribution in [0.15, 0.2) is 16.7 Å². The second kappa shape index (κ2) is 3.54. The quantitative estimate of drug-likeness (QED) is 0.768. The van der Waals surface area contributed by atoms with Gasteiger partial charge in [-0.15, -0.1) is 0 Å². The maximum absolute atomic E-state index is 5.31. The number of hydrogen-bond acceptors (Lipinski definition) is 2. The van der Waals surface area contributed by atoms with Crippen molar-refractivity contribution in [3.63, 3.8) is 0 Å². The van der Waals surface area contributed by atoms with Crippen LogP contribution in [0, 0.1) is 12.8 Å². The summed E-state index contributed by atoms with van der Waals surface area (Å²) in [7, 11) is 2.03. The highest BCUT2D eigenvalue weighted by molar-refractivity contribution is 5.20. The zero-order chi connectivity index (χ0) is 9.26. The maximum atomic E-state index is 5.31. The molecule has 0 aromatic carbocycles. The SMILES string of the molecule is CNC(CC1CC1)c1ccoc1C. The van der Waals surface area contributed by atoms with Crippen LogP contribution in [0.5, 0.6) is 0 Å². The van der Waals surface area contributed by atoms with Gasteiger partial charge >= 0.3 is 0 Å². The van der Waals surface area contributed by atoms with Crippen molar-refractivity contribution in [2.75, 3.05) is 7.05 Å². The molecule has 1 fully saturated rings. The van der Waals surface area contributed by atoms with Crippen LogP contribution in [-0.4, -0.2) is 7.05 Å². The summed E-state index contributed by atoms with van der Waals surface area (Å²) in [5.74, 6) is 2.01. The van der Waals surface area contributed by atoms with Crippen LogP contribution in [0.3, 0.4) is 0 Å². The number of nitrogens with one attached hydrogen (secondary N) is 1. The average Bonchev–Trinajstić information content (AvgIpc) is 2.85. The van der Waals surface area contributed by atoms with Crippen LogP contribution < -0.4 is 5.32 Å². The summed E-state index contributed by atoms with van der Waals surface area (Å²) in [5, 5.41) is 3.36. The van der Waals surface area contributed by atoms with Gasteiger partial charge in [0.25, 0.3) is 0 Å². The molecule has 1 heterocycles. The van der Waals surface area contributed by atoms with Crippen molar-refractivity contribution in [1.29, 1.82) is 0 Å². The molecule has 1 aliphatic carbocycles. The summed E-state index contributed by atoms with van der Waals surface area (Å²) >= 11 is 0. The van der Waals surface area contributed by atoms with E-state index in [9.17, 15) is 0 Å². The van der Waals surface area contributed by atoms with Gasteiger partial charge in [-0.25, -0.2) is 0 Å². The monoisotopic (exact) mass is 179 g/mol. The largest absolute Gasteiger partial charge is 0.469 e. The molecule has 0 bridgehead atoms. The Morgan fingerprint density at radius 3 is 2.85 bits per heavy atom. The van der Waals surface area contributed by atoms with Crippen LogP contribution in [0.1, 0.15) is 36.6 Å². The van der Waals surface area contributed by atoms with E-state index in [2.05, 4.69) is 11.4 Å². The van der Waals surface area contributed by atoms with Crippen molar-refractivity contribution in [2.24, 2.45) is 5.92 Å². The summed E-state index contributed by atoms with van der Waals surface area (Å²) < 4.78 is 5.31. The van der Waals surface area contributed by atoms with E-state index in [-0.39, 0.29) is 0 Å². The summed E-state index contributed by atoms with van der Waals surface area (Å²) in [5.41, 5.74) is 1.33. The van der Waals surface area contributed by atoms with Crippen molar-refractivity contribution < 1.29 is 4.42 Å². The highest BCUT2D eigenvalue weighted by Crippen LogP contribution is 2.38. The van der Waals surface area contributed by atoms with Gasteiger partial charge in [-0.05, 0) is 32.4 Å². The van der Waals surface area contributed by atoms with E-state index in [1.807, 2.05) is 14.0 Å². The van der Waals surface area contributed by atoms with E-state index in [1.54, 1.807) is 6.26 Å². The summed E-state index contributed by atoms with van der Waals surface area (Å²) in [6.45, 7) is 2.03. The van der Waals surface area contributed by atoms with E-state index in [4.69, 9.17) is 4.42 Å². The molecule has 0 saturated heterocycles. The van der Waals surface area contributed by atoms with Gasteiger partial charge in [-0.1, -0.05) is 12.8 Å². The van der Waals surface area contributed by atoms with Crippen LogP contribution in [-0.2, 0) is 0 Å². The molecule has 1 N–H and O–H groups in total. The van der Waals surface area contributed by atoms with E-state index in [0.29, 0.717) is 6.04 Å². The lowest BCUT2D eigenvalue weighted by molar-refractivity contribution is 0.485. The minimum Gasteiger partial charge on any atom is -0.469 e. The summed E-state index contributed by atoms with van der Waals surface area (Å²) in [6, 6.07) is 2.57. The van der Waals surface area contributed by atoms with Gasteiger partial charge in [0.1, 0.15) is 5.76 Å². The molecule has 2 nitrogen and oxygen atoms in total. The fourth-order valence-electron chi connectivity index (χ4n) is 1.84. The first kappa shape index (κ1) is 8.82. The zero-order valence-electron chi connectivity index (χ0n) is 8.34. The van der Waals surface area contributed by atoms with Gasteiger partial charge in [0, 0.05) is 11.6 Å². The summed E-state index contributed by atoms with van der Waals surface area (Å²) in [4.78, 5) is 0. The Bertz CT molecular complexity index is 275. The number of aryl methyl sites for hydroxylation is 1. The predicted octanol–water partition coefficient (Wildman–Crippen LogP) is 2.65. The molecule has 1 saturated carbocycles. The molecule has 0 amide bonds. The van der Waals surface area contributed by atoms with Crippen LogP contribution in [0.25, 0.3) is 0 Å². The fraction of sp³-hybridized carbons (Fsp3) is 0.636. The van der Waals surface area contributed by atoms with Gasteiger partial charge in [0.2, 0.25) is 0 Å². The topological polar surface area (TPSA) is 25.2 Å². The first-order valence-corrected chi connectivity index (χ1v) is 5.02. The lowest BCUT2D eigenvalue weighted by atomic mass is 10.0. The highest BCUT2D eigenvalue weighted by atomic mass is 16.3. The number of hydrogen-bond donors (Lipinski definition) is 1. The van der Waals surface area contributed by atoms with Crippen molar-refractivity contribution in [1.82, 2.24) is 5.32 Å². The highest BCUT2D eigenvalue weighted by Gasteiger charge is 2.26. The van der Waals surface area contributed by atoms with Gasteiger partial charge in [0.15, 0.2) is 0 Å². The molecular weight excluding hydrogens is 162 g/mol. The maximum Gasteiger partial charge on any atom is 0.105 e. The van der Waals surface area contributed by atoms with Gasteiger partial charge < -0.3 is 9.73 Å². The minimum atomic E-state index is 0.492. The smallest absolute Gasteiger partial charge is 0.105 e. The minimum absolute atomic E-state index is 0.492. The Hall–Kier alpha value is -0.760. The molecule has 2 rings (SSSR count). The average molecular weight is 179 g/mol. The molecule has 1 unspecified atom stereocenters. The van der Waals surface area contributed by atoms with Gasteiger partial charge in [-0.2, -0.15) is 0 Å². The molecule has 2 heteroatoms. The molecule has 0 aliphatic heterocycles. The molecule has 1 aromatic rings. The standard InChI is InChI=1S/C11H17NO/c1-8-10(5-6-13-8)11(12-2)7-9-3-4-9/h5-6,9,11-12H,3-4,7H2,1-2H3. The van der Waals surface area contributed by atoms with Crippen molar-refractivity contribution in [3.05, 3.63) is 23.7 Å². The van der Waals surface area contributed by atoms with E-state index in [0.717, 1.165) is 11.7 Å². The van der Waals surface area contributed by atoms with E-state index >= 15 is 0 Å². The normalized spacial score (nSPS) is 18.9. The van der Waals surface area contributed by atoms with E-state index in [1.165, 1.54) is 24.8 Å². The first-order chi connectivity index (χ1) is 6.31. The molecule has 1 aromatic heterocycles. The van der Waals surface area contributed by atoms with Crippen LogP contribution in [0.2, 0.25) is 0 Å². The Labute approximate surface area is 79.3 Å². The second-order valence-corrected chi connectivity index (χ2v) is 3.95. The van der Waals surface area contributed by atoms with Crippen molar-refractivity contribution >= 4 is 0 Å². The van der Waals surface area contributed by atoms with Gasteiger partial charge in [0.05, 0.1) is 6.26 Å². The molecule has 0 spiro atoms. The lowest BCUT2D eigenvalue weighted by Crippen LogP contribution is -2.17. The van der Waals surface area contributed by atoms with Gasteiger partial charge in [-0.3, -0.25) is 0 Å². The molecule has 1 atom stereocenters. The van der Waals surface area contributed by atoms with Crippen LogP contribution in [0.4, 0.5) is 0 Å². The first-order valence-electron chi connectivity index (χ1n) is 5.02. The Morgan fingerprint density at radius 1 is 1.62 bits per heavy atom. The number of rotatable bonds is 4. The molecule has 1 aliphatic rings. The number of furan rings is 1. The fourth-order valence-corrected chi connectivity index (χ4v) is 1.84. The van der Waals surface area contributed by atoms with Crippen LogP contribution >= 0.6 is 0 Å². The predicted molar refractivity (Wildman–Crippen MR) is 52.6 cm³/mol. The third-order valence-electron chi connectivity index (χ3n) is 2.89. The van der Waals surface area contributed by atoms with Crippen molar-refractivity contribution in [3.8, 4) is 0 Å². The third kappa shape index (κ3) is 1.94. The van der Waals surface area contributed by atoms with Crippen molar-refractivity contribution in [2.45, 2.75) is 32.2 Å². The summed E-state index contributed by atoms with van der Waals surface area (Å²) in [6.07, 6.45) is 5.86. The molecular formula is C11H17NO. The zero-order valence-corrected chi connectivity index (χ0v) is 8.34. The lowest BCUT2D eigenvalue weighted by Gasteiger charge is -2.14. The Morgan fingerprint density at radius 2 is 2.38 bits per heavy atom. The molecule has 72 valence electrons. The Balaban J connectivity index is 2.06. The second-order valence-electron chi connectivity index (χ2n) is 3.95. The Kier molecular flexibility index (Phi) is 2.40. The molecule has 0 radical (unpaired) electrons. The third-order valence-corrected chi connectivity index (χ3v) is 2.89. The van der Waals surface area contributed by atoms with E-state index < -0.39 is 0 Å².